The van der Waals surface area contributed by atoms with E-state index in [-0.39, 0.29) is 10.7 Å². The molecule has 0 aromatic carbocycles. The summed E-state index contributed by atoms with van der Waals surface area (Å²) in [6.07, 6.45) is 2.39. The summed E-state index contributed by atoms with van der Waals surface area (Å²) in [6, 6.07) is 2.99. The summed E-state index contributed by atoms with van der Waals surface area (Å²) in [5.41, 5.74) is 0. The minimum atomic E-state index is -3.81. The van der Waals surface area contributed by atoms with Gasteiger partial charge >= 0.3 is 0 Å². The van der Waals surface area contributed by atoms with Gasteiger partial charge in [0.25, 0.3) is 10.0 Å². The number of nitrogens with one attached hydrogen (secondary N) is 2. The predicted octanol–water partition coefficient (Wildman–Crippen LogP) is 2.76. The van der Waals surface area contributed by atoms with Crippen molar-refractivity contribution in [2.24, 2.45) is 0 Å². The van der Waals surface area contributed by atoms with Crippen molar-refractivity contribution in [2.45, 2.75) is 25.2 Å². The maximum atomic E-state index is 12.5. The summed E-state index contributed by atoms with van der Waals surface area (Å²) in [5.74, 6) is 0.950. The molecular formula is C12H15BrN4O3S. The van der Waals surface area contributed by atoms with Gasteiger partial charge in [0.05, 0.1) is 0 Å². The molecule has 21 heavy (non-hydrogen) atoms. The second-order valence-corrected chi connectivity index (χ2v) is 6.92. The lowest BCUT2D eigenvalue weighted by Gasteiger charge is -2.11. The highest BCUT2D eigenvalue weighted by molar-refractivity contribution is 9.10. The van der Waals surface area contributed by atoms with Gasteiger partial charge in [0.2, 0.25) is 0 Å². The number of aromatic nitrogens is 2. The molecule has 0 radical (unpaired) electrons. The Morgan fingerprint density at radius 2 is 2.14 bits per heavy atom. The van der Waals surface area contributed by atoms with E-state index in [1.807, 2.05) is 6.92 Å². The molecule has 0 saturated carbocycles. The Kier molecular flexibility index (Phi) is 4.84. The monoisotopic (exact) mass is 374 g/mol. The Morgan fingerprint density at radius 1 is 1.38 bits per heavy atom. The topological polar surface area (TPSA) is 97.1 Å². The van der Waals surface area contributed by atoms with Crippen molar-refractivity contribution in [3.8, 4) is 0 Å². The Morgan fingerprint density at radius 3 is 2.76 bits per heavy atom. The van der Waals surface area contributed by atoms with E-state index in [1.54, 1.807) is 6.92 Å². The van der Waals surface area contributed by atoms with Crippen LogP contribution in [0.3, 0.4) is 0 Å². The molecule has 0 unspecified atom stereocenters. The Labute approximate surface area is 131 Å². The van der Waals surface area contributed by atoms with Crippen LogP contribution in [0.4, 0.5) is 11.6 Å². The first kappa shape index (κ1) is 15.8. The molecule has 0 aliphatic rings. The molecule has 2 N–H and O–H groups in total. The van der Waals surface area contributed by atoms with E-state index < -0.39 is 10.0 Å². The lowest BCUT2D eigenvalue weighted by Crippen LogP contribution is -2.17. The van der Waals surface area contributed by atoms with E-state index in [0.717, 1.165) is 6.42 Å². The maximum Gasteiger partial charge on any atom is 0.266 e. The average Bonchev–Trinajstić information content (AvgIpc) is 2.82. The minimum absolute atomic E-state index is 0.0472. The lowest BCUT2D eigenvalue weighted by molar-refractivity contribution is 0.400. The molecule has 7 nitrogen and oxygen atoms in total. The quantitative estimate of drug-likeness (QED) is 0.806. The number of nitrogens with zero attached hydrogens (tertiary/aromatic N) is 2. The largest absolute Gasteiger partial charge is 0.369 e. The molecule has 0 fully saturated rings. The first-order chi connectivity index (χ1) is 9.92. The molecule has 2 aromatic rings. The van der Waals surface area contributed by atoms with Crippen LogP contribution in [0.2, 0.25) is 0 Å². The molecule has 0 aliphatic carbocycles. The van der Waals surface area contributed by atoms with Gasteiger partial charge in [0.15, 0.2) is 5.82 Å². The third-order valence-corrected chi connectivity index (χ3v) is 4.32. The van der Waals surface area contributed by atoms with Gasteiger partial charge in [-0.15, -0.1) is 0 Å². The zero-order chi connectivity index (χ0) is 15.5. The summed E-state index contributed by atoms with van der Waals surface area (Å²) in [5, 5.41) is 6.62. The van der Waals surface area contributed by atoms with Gasteiger partial charge in [-0.05, 0) is 35.3 Å². The summed E-state index contributed by atoms with van der Waals surface area (Å²) in [4.78, 5) is 4.16. The van der Waals surface area contributed by atoms with Gasteiger partial charge in [0.1, 0.15) is 16.5 Å². The normalized spacial score (nSPS) is 11.4. The number of hydrogen-bond acceptors (Lipinski definition) is 6. The van der Waals surface area contributed by atoms with Crippen LogP contribution in [-0.2, 0) is 10.0 Å². The highest BCUT2D eigenvalue weighted by atomic mass is 79.9. The van der Waals surface area contributed by atoms with Crippen molar-refractivity contribution in [1.29, 1.82) is 0 Å². The fourth-order valence-corrected chi connectivity index (χ4v) is 3.23. The fourth-order valence-electron chi connectivity index (χ4n) is 1.61. The van der Waals surface area contributed by atoms with E-state index in [4.69, 9.17) is 4.52 Å². The molecule has 9 heteroatoms. The Bertz CT molecular complexity index is 730. The molecule has 2 aromatic heterocycles. The highest BCUT2D eigenvalue weighted by Crippen LogP contribution is 2.25. The third kappa shape index (κ3) is 3.94. The standard InChI is InChI=1S/C12H15BrN4O3S/c1-3-4-14-12-10(6-9(13)7-15-12)21(18,19)17-11-5-8(2)20-16-11/h5-7H,3-4H2,1-2H3,(H,14,15)(H,16,17). The van der Waals surface area contributed by atoms with Crippen LogP contribution in [0.1, 0.15) is 19.1 Å². The van der Waals surface area contributed by atoms with E-state index >= 15 is 0 Å². The number of rotatable bonds is 6. The van der Waals surface area contributed by atoms with Crippen LogP contribution in [0.5, 0.6) is 0 Å². The van der Waals surface area contributed by atoms with Crippen molar-refractivity contribution in [2.75, 3.05) is 16.6 Å². The van der Waals surface area contributed by atoms with Crippen LogP contribution in [0.25, 0.3) is 0 Å². The second kappa shape index (κ2) is 6.44. The molecule has 0 aliphatic heterocycles. The van der Waals surface area contributed by atoms with Crippen LogP contribution >= 0.6 is 15.9 Å². The molecule has 2 rings (SSSR count). The zero-order valence-corrected chi connectivity index (χ0v) is 14.0. The zero-order valence-electron chi connectivity index (χ0n) is 11.6. The molecule has 0 atom stereocenters. The summed E-state index contributed by atoms with van der Waals surface area (Å²) >= 11 is 3.23. The SMILES string of the molecule is CCCNc1ncc(Br)cc1S(=O)(=O)Nc1cc(C)on1. The first-order valence-corrected chi connectivity index (χ1v) is 8.55. The molecule has 0 bridgehead atoms. The van der Waals surface area contributed by atoms with E-state index in [0.29, 0.717) is 22.6 Å². The van der Waals surface area contributed by atoms with Gasteiger partial charge in [-0.1, -0.05) is 12.1 Å². The minimum Gasteiger partial charge on any atom is -0.369 e. The summed E-state index contributed by atoms with van der Waals surface area (Å²) in [7, 11) is -3.81. The Hall–Kier alpha value is -1.61. The fraction of sp³-hybridized carbons (Fsp3) is 0.333. The number of hydrogen-bond donors (Lipinski definition) is 2. The Balaban J connectivity index is 2.35. The summed E-state index contributed by atoms with van der Waals surface area (Å²) < 4.78 is 32.7. The highest BCUT2D eigenvalue weighted by Gasteiger charge is 2.21. The van der Waals surface area contributed by atoms with Crippen LogP contribution in [0, 0.1) is 6.92 Å². The van der Waals surface area contributed by atoms with E-state index in [1.165, 1.54) is 18.3 Å². The van der Waals surface area contributed by atoms with E-state index in [9.17, 15) is 8.42 Å². The van der Waals surface area contributed by atoms with Gasteiger partial charge in [-0.25, -0.2) is 13.4 Å². The predicted molar refractivity (Wildman–Crippen MR) is 82.8 cm³/mol. The number of sulfonamides is 1. The average molecular weight is 375 g/mol. The maximum absolute atomic E-state index is 12.5. The molecule has 0 spiro atoms. The van der Waals surface area contributed by atoms with Crippen molar-refractivity contribution < 1.29 is 12.9 Å². The summed E-state index contributed by atoms with van der Waals surface area (Å²) in [6.45, 7) is 4.29. The van der Waals surface area contributed by atoms with Gasteiger partial charge in [0, 0.05) is 23.3 Å². The molecule has 114 valence electrons. The molecule has 0 saturated heterocycles. The van der Waals surface area contributed by atoms with Crippen LogP contribution < -0.4 is 10.0 Å². The van der Waals surface area contributed by atoms with Crippen LogP contribution in [0.15, 0.2) is 32.2 Å². The van der Waals surface area contributed by atoms with E-state index in [2.05, 4.69) is 36.1 Å². The smallest absolute Gasteiger partial charge is 0.266 e. The number of anilines is 2. The molecular weight excluding hydrogens is 360 g/mol. The molecule has 0 amide bonds. The number of halogens is 1. The third-order valence-electron chi connectivity index (χ3n) is 2.52. The van der Waals surface area contributed by atoms with Crippen molar-refractivity contribution in [1.82, 2.24) is 10.1 Å². The van der Waals surface area contributed by atoms with Crippen molar-refractivity contribution in [3.05, 3.63) is 28.6 Å². The van der Waals surface area contributed by atoms with Crippen molar-refractivity contribution >= 4 is 37.6 Å². The van der Waals surface area contributed by atoms with Gasteiger partial charge in [-0.3, -0.25) is 4.72 Å². The van der Waals surface area contributed by atoms with Crippen molar-refractivity contribution in [3.63, 3.8) is 0 Å². The van der Waals surface area contributed by atoms with Gasteiger partial charge in [-0.2, -0.15) is 0 Å². The number of pyridine rings is 1. The molecule has 2 heterocycles. The van der Waals surface area contributed by atoms with Gasteiger partial charge < -0.3 is 9.84 Å². The number of aryl methyl sites for hydroxylation is 1. The van der Waals surface area contributed by atoms with Crippen LogP contribution in [-0.4, -0.2) is 25.1 Å². The first-order valence-electron chi connectivity index (χ1n) is 6.28. The lowest BCUT2D eigenvalue weighted by atomic mass is 10.4. The second-order valence-electron chi connectivity index (χ2n) is 4.36.